The van der Waals surface area contributed by atoms with Crippen molar-refractivity contribution in [3.8, 4) is 0 Å². The number of halogens is 1. The first-order chi connectivity index (χ1) is 8.54. The van der Waals surface area contributed by atoms with E-state index < -0.39 is 23.8 Å². The second kappa shape index (κ2) is 6.70. The van der Waals surface area contributed by atoms with Gasteiger partial charge < -0.3 is 15.2 Å². The van der Waals surface area contributed by atoms with Gasteiger partial charge in [0.1, 0.15) is 5.82 Å². The van der Waals surface area contributed by atoms with Crippen molar-refractivity contribution < 1.29 is 23.8 Å². The molecule has 1 unspecified atom stereocenters. The van der Waals surface area contributed by atoms with Gasteiger partial charge in [0.05, 0.1) is 18.1 Å². The fourth-order valence-electron chi connectivity index (χ4n) is 1.38. The van der Waals surface area contributed by atoms with E-state index in [4.69, 9.17) is 9.84 Å². The lowest BCUT2D eigenvalue weighted by Gasteiger charge is -2.14. The molecule has 0 aliphatic heterocycles. The molecule has 5 nitrogen and oxygen atoms in total. The van der Waals surface area contributed by atoms with E-state index in [1.807, 2.05) is 0 Å². The summed E-state index contributed by atoms with van der Waals surface area (Å²) >= 11 is 0. The zero-order valence-electron chi connectivity index (χ0n) is 9.85. The summed E-state index contributed by atoms with van der Waals surface area (Å²) in [4.78, 5) is 22.1. The lowest BCUT2D eigenvalue weighted by Crippen LogP contribution is -2.34. The summed E-state index contributed by atoms with van der Waals surface area (Å²) in [6.07, 6.45) is -0.869. The molecule has 0 aliphatic carbocycles. The molecule has 6 heteroatoms. The molecule has 1 aromatic carbocycles. The number of benzene rings is 1. The van der Waals surface area contributed by atoms with E-state index in [0.29, 0.717) is 0 Å². The number of carboxylic acid groups (broad SMARTS) is 1. The van der Waals surface area contributed by atoms with E-state index in [1.54, 1.807) is 6.07 Å². The molecule has 0 aromatic heterocycles. The highest BCUT2D eigenvalue weighted by atomic mass is 19.1. The van der Waals surface area contributed by atoms with Gasteiger partial charge in [-0.05, 0) is 12.1 Å². The van der Waals surface area contributed by atoms with Gasteiger partial charge in [0.15, 0.2) is 0 Å². The van der Waals surface area contributed by atoms with Gasteiger partial charge in [0.25, 0.3) is 5.91 Å². The zero-order chi connectivity index (χ0) is 13.5. The number of hydrogen-bond donors (Lipinski definition) is 2. The third kappa shape index (κ3) is 4.14. The number of carbonyl (C=O) groups is 2. The van der Waals surface area contributed by atoms with Crippen LogP contribution in [0.15, 0.2) is 24.3 Å². The van der Waals surface area contributed by atoms with Crippen LogP contribution in [-0.2, 0) is 9.53 Å². The van der Waals surface area contributed by atoms with Gasteiger partial charge in [-0.1, -0.05) is 12.1 Å². The molecule has 1 atom stereocenters. The number of amides is 1. The Balaban J connectivity index is 2.55. The van der Waals surface area contributed by atoms with E-state index in [2.05, 4.69) is 5.32 Å². The molecule has 2 N–H and O–H groups in total. The van der Waals surface area contributed by atoms with Crippen LogP contribution in [0, 0.1) is 5.82 Å². The predicted molar refractivity (Wildman–Crippen MR) is 61.8 cm³/mol. The molecule has 1 aromatic rings. The SMILES string of the molecule is COC(CNC(=O)c1ccccc1F)CC(=O)O. The smallest absolute Gasteiger partial charge is 0.306 e. The van der Waals surface area contributed by atoms with E-state index in [9.17, 15) is 14.0 Å². The van der Waals surface area contributed by atoms with Gasteiger partial charge in [-0.25, -0.2) is 4.39 Å². The second-order valence-corrected chi connectivity index (χ2v) is 3.65. The van der Waals surface area contributed by atoms with Crippen molar-refractivity contribution in [3.05, 3.63) is 35.6 Å². The summed E-state index contributed by atoms with van der Waals surface area (Å²) in [5.41, 5.74) is -0.0809. The van der Waals surface area contributed by atoms with Gasteiger partial charge in [0, 0.05) is 13.7 Å². The van der Waals surface area contributed by atoms with Crippen molar-refractivity contribution >= 4 is 11.9 Å². The van der Waals surface area contributed by atoms with Crippen LogP contribution in [0.3, 0.4) is 0 Å². The molecule has 18 heavy (non-hydrogen) atoms. The fraction of sp³-hybridized carbons (Fsp3) is 0.333. The number of carboxylic acids is 1. The van der Waals surface area contributed by atoms with Crippen LogP contribution >= 0.6 is 0 Å². The molecule has 0 bridgehead atoms. The third-order valence-corrected chi connectivity index (χ3v) is 2.34. The Morgan fingerprint density at radius 1 is 1.44 bits per heavy atom. The van der Waals surface area contributed by atoms with Gasteiger partial charge in [-0.15, -0.1) is 0 Å². The van der Waals surface area contributed by atoms with Crippen LogP contribution in [0.25, 0.3) is 0 Å². The number of nitrogens with one attached hydrogen (secondary N) is 1. The molecule has 98 valence electrons. The highest BCUT2D eigenvalue weighted by Crippen LogP contribution is 2.06. The fourth-order valence-corrected chi connectivity index (χ4v) is 1.38. The Morgan fingerprint density at radius 3 is 2.67 bits per heavy atom. The molecule has 0 heterocycles. The number of methoxy groups -OCH3 is 1. The number of carbonyl (C=O) groups excluding carboxylic acids is 1. The van der Waals surface area contributed by atoms with Crippen LogP contribution in [0.1, 0.15) is 16.8 Å². The summed E-state index contributed by atoms with van der Waals surface area (Å²) in [5.74, 6) is -2.25. The maximum Gasteiger partial charge on any atom is 0.306 e. The summed E-state index contributed by atoms with van der Waals surface area (Å²) in [5, 5.41) is 11.0. The van der Waals surface area contributed by atoms with Crippen LogP contribution < -0.4 is 5.32 Å². The van der Waals surface area contributed by atoms with Crippen molar-refractivity contribution in [2.75, 3.05) is 13.7 Å². The second-order valence-electron chi connectivity index (χ2n) is 3.65. The lowest BCUT2D eigenvalue weighted by molar-refractivity contribution is -0.139. The van der Waals surface area contributed by atoms with E-state index in [0.717, 1.165) is 0 Å². The predicted octanol–water partition coefficient (Wildman–Crippen LogP) is 1.05. The molecule has 0 radical (unpaired) electrons. The normalized spacial score (nSPS) is 11.9. The average molecular weight is 255 g/mol. The molecule has 0 fully saturated rings. The van der Waals surface area contributed by atoms with Crippen molar-refractivity contribution in [1.29, 1.82) is 0 Å². The van der Waals surface area contributed by atoms with E-state index in [-0.39, 0.29) is 18.5 Å². The van der Waals surface area contributed by atoms with E-state index >= 15 is 0 Å². The molecule has 0 saturated carbocycles. The average Bonchev–Trinajstić information content (AvgIpc) is 2.34. The van der Waals surface area contributed by atoms with Gasteiger partial charge in [-0.2, -0.15) is 0 Å². The molecule has 0 saturated heterocycles. The number of rotatable bonds is 6. The Bertz CT molecular complexity index is 436. The lowest BCUT2D eigenvalue weighted by atomic mass is 10.2. The third-order valence-electron chi connectivity index (χ3n) is 2.34. The monoisotopic (exact) mass is 255 g/mol. The van der Waals surface area contributed by atoms with E-state index in [1.165, 1.54) is 25.3 Å². The topological polar surface area (TPSA) is 75.6 Å². The van der Waals surface area contributed by atoms with Crippen molar-refractivity contribution in [2.45, 2.75) is 12.5 Å². The minimum Gasteiger partial charge on any atom is -0.481 e. The quantitative estimate of drug-likeness (QED) is 0.796. The van der Waals surface area contributed by atoms with Crippen LogP contribution in [0.4, 0.5) is 4.39 Å². The maximum atomic E-state index is 13.3. The highest BCUT2D eigenvalue weighted by Gasteiger charge is 2.15. The molecule has 0 spiro atoms. The van der Waals surface area contributed by atoms with Crippen LogP contribution in [-0.4, -0.2) is 36.7 Å². The van der Waals surface area contributed by atoms with Crippen LogP contribution in [0.5, 0.6) is 0 Å². The first-order valence-electron chi connectivity index (χ1n) is 5.32. The Morgan fingerprint density at radius 2 is 2.11 bits per heavy atom. The minimum absolute atomic E-state index is 0.00989. The molecular weight excluding hydrogens is 241 g/mol. The van der Waals surface area contributed by atoms with Crippen molar-refractivity contribution in [2.24, 2.45) is 0 Å². The van der Waals surface area contributed by atoms with Gasteiger partial charge in [-0.3, -0.25) is 9.59 Å². The highest BCUT2D eigenvalue weighted by molar-refractivity contribution is 5.94. The molecule has 0 aliphatic rings. The number of aliphatic carboxylic acids is 1. The molecule has 1 amide bonds. The molecule has 1 rings (SSSR count). The van der Waals surface area contributed by atoms with Gasteiger partial charge in [0.2, 0.25) is 0 Å². The summed E-state index contributed by atoms with van der Waals surface area (Å²) in [6, 6.07) is 5.56. The first-order valence-corrected chi connectivity index (χ1v) is 5.32. The number of ether oxygens (including phenoxy) is 1. The zero-order valence-corrected chi connectivity index (χ0v) is 9.85. The Labute approximate surface area is 104 Å². The Kier molecular flexibility index (Phi) is 5.26. The summed E-state index contributed by atoms with van der Waals surface area (Å²) < 4.78 is 18.2. The maximum absolute atomic E-state index is 13.3. The largest absolute Gasteiger partial charge is 0.481 e. The first kappa shape index (κ1) is 14.1. The standard InChI is InChI=1S/C12H14FNO4/c1-18-8(6-11(15)16)7-14-12(17)9-4-2-3-5-10(9)13/h2-5,8H,6-7H2,1H3,(H,14,17)(H,15,16). The summed E-state index contributed by atoms with van der Waals surface area (Å²) in [7, 11) is 1.35. The molecular formula is C12H14FNO4. The Hall–Kier alpha value is -1.95. The van der Waals surface area contributed by atoms with Crippen molar-refractivity contribution in [3.63, 3.8) is 0 Å². The summed E-state index contributed by atoms with van der Waals surface area (Å²) in [6.45, 7) is 0.00989. The van der Waals surface area contributed by atoms with Crippen LogP contribution in [0.2, 0.25) is 0 Å². The van der Waals surface area contributed by atoms with Crippen molar-refractivity contribution in [1.82, 2.24) is 5.32 Å². The minimum atomic E-state index is -1.03. The number of hydrogen-bond acceptors (Lipinski definition) is 3. The van der Waals surface area contributed by atoms with Gasteiger partial charge >= 0.3 is 5.97 Å².